The third-order valence-corrected chi connectivity index (χ3v) is 5.95. The molecule has 168 valence electrons. The number of carbonyl (C=O) groups excluding carboxylic acids is 1. The first-order valence-corrected chi connectivity index (χ1v) is 10.8. The van der Waals surface area contributed by atoms with Crippen molar-refractivity contribution in [3.63, 3.8) is 0 Å². The Bertz CT molecular complexity index is 1220. The molecule has 3 aromatic rings. The van der Waals surface area contributed by atoms with Gasteiger partial charge in [-0.25, -0.2) is 0 Å². The van der Waals surface area contributed by atoms with Gasteiger partial charge in [-0.05, 0) is 56.5 Å². The molecule has 4 rings (SSSR count). The number of H-pyrrole nitrogens is 1. The van der Waals surface area contributed by atoms with Crippen LogP contribution < -0.4 is 15.2 Å². The monoisotopic (exact) mass is 435 g/mol. The molecule has 7 heteroatoms. The number of ketones is 1. The Kier molecular flexibility index (Phi) is 5.93. The van der Waals surface area contributed by atoms with Crippen molar-refractivity contribution >= 4 is 5.78 Å². The lowest BCUT2D eigenvalue weighted by molar-refractivity contribution is 0.101. The summed E-state index contributed by atoms with van der Waals surface area (Å²) in [5, 5.41) is 2.15. The number of pyridine rings is 1. The van der Waals surface area contributed by atoms with E-state index in [1.807, 2.05) is 16.9 Å². The number of fused-ring (bicyclic) bond motifs is 3. The Labute approximate surface area is 187 Å². The number of carbonyl (C=O) groups is 1. The summed E-state index contributed by atoms with van der Waals surface area (Å²) in [6.07, 6.45) is 4.48. The van der Waals surface area contributed by atoms with E-state index in [0.717, 1.165) is 40.2 Å². The first kappa shape index (κ1) is 21.9. The number of benzene rings is 1. The van der Waals surface area contributed by atoms with Gasteiger partial charge in [0.15, 0.2) is 11.2 Å². The number of aromatic nitrogens is 2. The predicted molar refractivity (Wildman–Crippen MR) is 125 cm³/mol. The summed E-state index contributed by atoms with van der Waals surface area (Å²) in [6, 6.07) is 7.95. The van der Waals surface area contributed by atoms with Crippen LogP contribution in [0.15, 0.2) is 41.5 Å². The zero-order valence-corrected chi connectivity index (χ0v) is 19.2. The SMILES string of the molecule is COCCc1c[nH]c(-c2cc3c(cc2OC)-c2cc(=O)c(C(C)=O)cn2N(C(C)C)C3)c1. The van der Waals surface area contributed by atoms with Crippen molar-refractivity contribution in [2.75, 3.05) is 25.8 Å². The van der Waals surface area contributed by atoms with E-state index in [2.05, 4.69) is 36.0 Å². The lowest BCUT2D eigenvalue weighted by Gasteiger charge is -2.38. The summed E-state index contributed by atoms with van der Waals surface area (Å²) in [5.74, 6) is 0.486. The Morgan fingerprint density at radius 2 is 1.94 bits per heavy atom. The summed E-state index contributed by atoms with van der Waals surface area (Å²) in [6.45, 7) is 6.92. The van der Waals surface area contributed by atoms with Gasteiger partial charge in [-0.1, -0.05) is 0 Å². The molecule has 0 atom stereocenters. The molecular formula is C25H29N3O4. The van der Waals surface area contributed by atoms with Crippen LogP contribution in [-0.4, -0.2) is 42.3 Å². The van der Waals surface area contributed by atoms with E-state index in [0.29, 0.717) is 13.2 Å². The molecule has 0 spiro atoms. The van der Waals surface area contributed by atoms with E-state index in [1.165, 1.54) is 12.5 Å². The fraction of sp³-hybridized carbons (Fsp3) is 0.360. The van der Waals surface area contributed by atoms with Gasteiger partial charge in [0, 0.05) is 48.4 Å². The van der Waals surface area contributed by atoms with Crippen LogP contribution in [0.3, 0.4) is 0 Å². The molecule has 0 saturated carbocycles. The standard InChI is InChI=1S/C25H29N3O4/c1-15(2)27-13-18-9-20(22-8-17(12-26-22)6-7-31-4)25(32-5)10-19(18)23-11-24(30)21(16(3)29)14-28(23)27/h8-12,14-15,26H,6-7,13H2,1-5H3. The number of Topliss-reactive ketones (excluding diaryl/α,β-unsaturated/α-hetero) is 1. The predicted octanol–water partition coefficient (Wildman–Crippen LogP) is 3.77. The Morgan fingerprint density at radius 1 is 1.16 bits per heavy atom. The maximum atomic E-state index is 12.7. The first-order chi connectivity index (χ1) is 15.3. The third-order valence-electron chi connectivity index (χ3n) is 5.95. The van der Waals surface area contributed by atoms with E-state index in [9.17, 15) is 9.59 Å². The summed E-state index contributed by atoms with van der Waals surface area (Å²) < 4.78 is 12.9. The number of hydrogen-bond donors (Lipinski definition) is 1. The number of rotatable bonds is 7. The van der Waals surface area contributed by atoms with Gasteiger partial charge < -0.3 is 19.5 Å². The molecule has 1 aliphatic heterocycles. The van der Waals surface area contributed by atoms with Crippen molar-refractivity contribution < 1.29 is 14.3 Å². The third kappa shape index (κ3) is 3.84. The highest BCUT2D eigenvalue weighted by Gasteiger charge is 2.27. The van der Waals surface area contributed by atoms with Crippen LogP contribution in [0.4, 0.5) is 0 Å². The summed E-state index contributed by atoms with van der Waals surface area (Å²) in [4.78, 5) is 28.0. The molecule has 3 heterocycles. The Balaban J connectivity index is 1.87. The molecule has 0 radical (unpaired) electrons. The minimum absolute atomic E-state index is 0.167. The summed E-state index contributed by atoms with van der Waals surface area (Å²) in [5.41, 5.74) is 5.82. The maximum Gasteiger partial charge on any atom is 0.193 e. The molecule has 0 bridgehead atoms. The average molecular weight is 436 g/mol. The molecule has 0 amide bonds. The van der Waals surface area contributed by atoms with Crippen LogP contribution in [0.1, 0.15) is 42.3 Å². The highest BCUT2D eigenvalue weighted by Crippen LogP contribution is 2.39. The van der Waals surface area contributed by atoms with Crippen molar-refractivity contribution in [3.8, 4) is 28.3 Å². The quantitative estimate of drug-likeness (QED) is 0.572. The Hall–Kier alpha value is -3.32. The fourth-order valence-electron chi connectivity index (χ4n) is 4.22. The van der Waals surface area contributed by atoms with Crippen LogP contribution >= 0.6 is 0 Å². The number of ether oxygens (including phenoxy) is 2. The van der Waals surface area contributed by atoms with Crippen molar-refractivity contribution in [2.45, 2.75) is 39.8 Å². The lowest BCUT2D eigenvalue weighted by atomic mass is 9.95. The molecule has 1 N–H and O–H groups in total. The van der Waals surface area contributed by atoms with Crippen molar-refractivity contribution in [1.29, 1.82) is 0 Å². The van der Waals surface area contributed by atoms with Gasteiger partial charge >= 0.3 is 0 Å². The minimum atomic E-state index is -0.268. The highest BCUT2D eigenvalue weighted by atomic mass is 16.5. The normalized spacial score (nSPS) is 12.6. The number of nitrogens with one attached hydrogen (secondary N) is 1. The maximum absolute atomic E-state index is 12.7. The van der Waals surface area contributed by atoms with Crippen LogP contribution in [-0.2, 0) is 17.7 Å². The number of hydrogen-bond acceptors (Lipinski definition) is 5. The second kappa shape index (κ2) is 8.67. The molecule has 32 heavy (non-hydrogen) atoms. The van der Waals surface area contributed by atoms with Crippen molar-refractivity contribution in [1.82, 2.24) is 9.66 Å². The van der Waals surface area contributed by atoms with Gasteiger partial charge in [0.2, 0.25) is 0 Å². The lowest BCUT2D eigenvalue weighted by Crippen LogP contribution is -2.44. The van der Waals surface area contributed by atoms with Gasteiger partial charge in [-0.2, -0.15) is 0 Å². The molecule has 2 aromatic heterocycles. The van der Waals surface area contributed by atoms with Gasteiger partial charge in [0.1, 0.15) is 5.75 Å². The zero-order valence-electron chi connectivity index (χ0n) is 19.2. The van der Waals surface area contributed by atoms with E-state index in [4.69, 9.17) is 9.47 Å². The number of nitrogens with zero attached hydrogens (tertiary/aromatic N) is 2. The smallest absolute Gasteiger partial charge is 0.193 e. The molecule has 0 fully saturated rings. The van der Waals surface area contributed by atoms with Crippen molar-refractivity contribution in [2.24, 2.45) is 0 Å². The van der Waals surface area contributed by atoms with E-state index >= 15 is 0 Å². The molecule has 1 aromatic carbocycles. The fourth-order valence-corrected chi connectivity index (χ4v) is 4.22. The molecule has 1 aliphatic rings. The van der Waals surface area contributed by atoms with Gasteiger partial charge in [0.25, 0.3) is 0 Å². The minimum Gasteiger partial charge on any atom is -0.496 e. The topological polar surface area (TPSA) is 76.6 Å². The van der Waals surface area contributed by atoms with Crippen LogP contribution in [0.25, 0.3) is 22.5 Å². The number of aromatic amines is 1. The first-order valence-electron chi connectivity index (χ1n) is 10.8. The number of methoxy groups -OCH3 is 2. The zero-order chi connectivity index (χ0) is 23.0. The molecule has 7 nitrogen and oxygen atoms in total. The van der Waals surface area contributed by atoms with Gasteiger partial charge in [0.05, 0.1) is 31.5 Å². The highest BCUT2D eigenvalue weighted by molar-refractivity contribution is 5.94. The van der Waals surface area contributed by atoms with E-state index in [1.54, 1.807) is 26.5 Å². The summed E-state index contributed by atoms with van der Waals surface area (Å²) in [7, 11) is 3.35. The van der Waals surface area contributed by atoms with E-state index in [-0.39, 0.29) is 22.8 Å². The van der Waals surface area contributed by atoms with Gasteiger partial charge in [-0.3, -0.25) is 14.3 Å². The molecular weight excluding hydrogens is 406 g/mol. The second-order valence-corrected chi connectivity index (χ2v) is 8.40. The molecule has 0 saturated heterocycles. The molecule has 0 aliphatic carbocycles. The van der Waals surface area contributed by atoms with Crippen LogP contribution in [0.5, 0.6) is 5.75 Å². The average Bonchev–Trinajstić information content (AvgIpc) is 3.24. The van der Waals surface area contributed by atoms with Gasteiger partial charge in [-0.15, -0.1) is 0 Å². The second-order valence-electron chi connectivity index (χ2n) is 8.40. The van der Waals surface area contributed by atoms with E-state index < -0.39 is 0 Å². The van der Waals surface area contributed by atoms with Crippen LogP contribution in [0, 0.1) is 0 Å². The Morgan fingerprint density at radius 3 is 2.59 bits per heavy atom. The largest absolute Gasteiger partial charge is 0.496 e. The van der Waals surface area contributed by atoms with Crippen molar-refractivity contribution in [3.05, 3.63) is 63.6 Å². The summed E-state index contributed by atoms with van der Waals surface area (Å²) >= 11 is 0. The molecule has 0 unspecified atom stereocenters. The van der Waals surface area contributed by atoms with Crippen LogP contribution in [0.2, 0.25) is 0 Å².